The van der Waals surface area contributed by atoms with Crippen molar-refractivity contribution < 1.29 is 0 Å². The van der Waals surface area contributed by atoms with Gasteiger partial charge in [-0.05, 0) is 12.8 Å². The van der Waals surface area contributed by atoms with Gasteiger partial charge >= 0.3 is 0 Å². The van der Waals surface area contributed by atoms with Gasteiger partial charge in [0.15, 0.2) is 0 Å². The zero-order chi connectivity index (χ0) is 13.7. The summed E-state index contributed by atoms with van der Waals surface area (Å²) in [5.74, 6) is 1.66. The van der Waals surface area contributed by atoms with E-state index in [0.29, 0.717) is 23.9 Å². The molecule has 19 heavy (non-hydrogen) atoms. The van der Waals surface area contributed by atoms with Crippen molar-refractivity contribution in [3.63, 3.8) is 0 Å². The second-order valence-electron chi connectivity index (χ2n) is 4.16. The largest absolute Gasteiger partial charge is 0.357 e. The van der Waals surface area contributed by atoms with E-state index in [9.17, 15) is 0 Å². The molecule has 0 bridgehead atoms. The van der Waals surface area contributed by atoms with Crippen LogP contribution in [0.2, 0.25) is 0 Å². The SMILES string of the molecule is CCC(CC)Nc1nc(NC)nc(-n2ccnc2)n1. The molecule has 2 aromatic rings. The number of anilines is 2. The van der Waals surface area contributed by atoms with E-state index in [0.717, 1.165) is 12.8 Å². The fourth-order valence-corrected chi connectivity index (χ4v) is 1.71. The van der Waals surface area contributed by atoms with E-state index in [4.69, 9.17) is 0 Å². The monoisotopic (exact) mass is 261 g/mol. The fourth-order valence-electron chi connectivity index (χ4n) is 1.71. The Morgan fingerprint density at radius 2 is 1.89 bits per heavy atom. The molecule has 102 valence electrons. The van der Waals surface area contributed by atoms with Gasteiger partial charge in [-0.25, -0.2) is 4.98 Å². The molecule has 0 spiro atoms. The van der Waals surface area contributed by atoms with Crippen molar-refractivity contribution in [1.82, 2.24) is 24.5 Å². The number of hydrogen-bond donors (Lipinski definition) is 2. The average molecular weight is 261 g/mol. The molecule has 2 rings (SSSR count). The predicted molar refractivity (Wildman–Crippen MR) is 74.5 cm³/mol. The number of rotatable bonds is 6. The second kappa shape index (κ2) is 6.12. The molecule has 7 heteroatoms. The maximum atomic E-state index is 4.41. The van der Waals surface area contributed by atoms with Crippen LogP contribution < -0.4 is 10.6 Å². The second-order valence-corrected chi connectivity index (χ2v) is 4.16. The summed E-state index contributed by atoms with van der Waals surface area (Å²) in [6.45, 7) is 4.27. The van der Waals surface area contributed by atoms with E-state index in [1.807, 2.05) is 0 Å². The summed E-state index contributed by atoms with van der Waals surface area (Å²) >= 11 is 0. The van der Waals surface area contributed by atoms with Gasteiger partial charge in [0.2, 0.25) is 17.8 Å². The summed E-state index contributed by atoms with van der Waals surface area (Å²) in [5.41, 5.74) is 0. The van der Waals surface area contributed by atoms with Crippen LogP contribution in [0.15, 0.2) is 18.7 Å². The van der Waals surface area contributed by atoms with Crippen molar-refractivity contribution >= 4 is 11.9 Å². The minimum absolute atomic E-state index is 0.364. The van der Waals surface area contributed by atoms with E-state index in [1.165, 1.54) is 0 Å². The summed E-state index contributed by atoms with van der Waals surface area (Å²) in [6.07, 6.45) is 7.21. The highest BCUT2D eigenvalue weighted by molar-refractivity contribution is 5.38. The molecule has 0 saturated heterocycles. The quantitative estimate of drug-likeness (QED) is 0.823. The first-order valence-corrected chi connectivity index (χ1v) is 6.45. The van der Waals surface area contributed by atoms with E-state index >= 15 is 0 Å². The number of hydrogen-bond acceptors (Lipinski definition) is 6. The van der Waals surface area contributed by atoms with Crippen LogP contribution in [-0.4, -0.2) is 37.6 Å². The fraction of sp³-hybridized carbons (Fsp3) is 0.500. The zero-order valence-corrected chi connectivity index (χ0v) is 11.5. The van der Waals surface area contributed by atoms with Crippen molar-refractivity contribution in [3.8, 4) is 5.95 Å². The Balaban J connectivity index is 2.31. The van der Waals surface area contributed by atoms with Crippen molar-refractivity contribution in [1.29, 1.82) is 0 Å². The molecule has 0 aliphatic rings. The Morgan fingerprint density at radius 3 is 2.47 bits per heavy atom. The van der Waals surface area contributed by atoms with Gasteiger partial charge in [0.05, 0.1) is 0 Å². The minimum Gasteiger partial charge on any atom is -0.357 e. The third kappa shape index (κ3) is 3.18. The molecule has 0 amide bonds. The van der Waals surface area contributed by atoms with Crippen LogP contribution in [0.3, 0.4) is 0 Å². The normalized spacial score (nSPS) is 10.7. The molecule has 2 heterocycles. The van der Waals surface area contributed by atoms with Gasteiger partial charge in [0.25, 0.3) is 0 Å². The number of nitrogens with one attached hydrogen (secondary N) is 2. The molecule has 0 saturated carbocycles. The van der Waals surface area contributed by atoms with Crippen LogP contribution in [-0.2, 0) is 0 Å². The first-order valence-electron chi connectivity index (χ1n) is 6.45. The highest BCUT2D eigenvalue weighted by Gasteiger charge is 2.10. The van der Waals surface area contributed by atoms with Crippen LogP contribution in [0.1, 0.15) is 26.7 Å². The molecule has 0 aromatic carbocycles. The van der Waals surface area contributed by atoms with Gasteiger partial charge in [0.1, 0.15) is 6.33 Å². The number of imidazole rings is 1. The number of aromatic nitrogens is 5. The van der Waals surface area contributed by atoms with Gasteiger partial charge in [-0.15, -0.1) is 0 Å². The van der Waals surface area contributed by atoms with Crippen LogP contribution >= 0.6 is 0 Å². The smallest absolute Gasteiger partial charge is 0.241 e. The Bertz CT molecular complexity index is 505. The molecular formula is C12H19N7. The van der Waals surface area contributed by atoms with Gasteiger partial charge in [-0.2, -0.15) is 15.0 Å². The van der Waals surface area contributed by atoms with Gasteiger partial charge < -0.3 is 10.6 Å². The molecule has 7 nitrogen and oxygen atoms in total. The van der Waals surface area contributed by atoms with E-state index < -0.39 is 0 Å². The maximum absolute atomic E-state index is 4.41. The number of nitrogens with zero attached hydrogens (tertiary/aromatic N) is 5. The lowest BCUT2D eigenvalue weighted by molar-refractivity contribution is 0.663. The Morgan fingerprint density at radius 1 is 1.16 bits per heavy atom. The maximum Gasteiger partial charge on any atom is 0.241 e. The lowest BCUT2D eigenvalue weighted by Gasteiger charge is -2.15. The molecule has 0 atom stereocenters. The van der Waals surface area contributed by atoms with Crippen molar-refractivity contribution in [2.75, 3.05) is 17.7 Å². The zero-order valence-electron chi connectivity index (χ0n) is 11.5. The third-order valence-corrected chi connectivity index (χ3v) is 2.90. The molecule has 0 unspecified atom stereocenters. The Hall–Kier alpha value is -2.18. The summed E-state index contributed by atoms with van der Waals surface area (Å²) in [5, 5.41) is 6.26. The summed E-state index contributed by atoms with van der Waals surface area (Å²) in [7, 11) is 1.79. The summed E-state index contributed by atoms with van der Waals surface area (Å²) in [4.78, 5) is 17.0. The van der Waals surface area contributed by atoms with Gasteiger partial charge in [-0.1, -0.05) is 13.8 Å². The highest BCUT2D eigenvalue weighted by Crippen LogP contribution is 2.11. The van der Waals surface area contributed by atoms with Crippen molar-refractivity contribution in [3.05, 3.63) is 18.7 Å². The van der Waals surface area contributed by atoms with Crippen LogP contribution in [0.5, 0.6) is 0 Å². The van der Waals surface area contributed by atoms with E-state index in [2.05, 4.69) is 44.4 Å². The first kappa shape index (κ1) is 13.3. The van der Waals surface area contributed by atoms with Crippen LogP contribution in [0.25, 0.3) is 5.95 Å². The van der Waals surface area contributed by atoms with E-state index in [1.54, 1.807) is 30.3 Å². The first-order chi connectivity index (χ1) is 9.26. The standard InChI is InChI=1S/C12H19N7/c1-4-9(5-2)15-11-16-10(13-3)17-12(18-11)19-7-6-14-8-19/h6-9H,4-5H2,1-3H3,(H2,13,15,16,17,18). The lowest BCUT2D eigenvalue weighted by atomic mass is 10.2. The lowest BCUT2D eigenvalue weighted by Crippen LogP contribution is -2.20. The molecule has 0 radical (unpaired) electrons. The predicted octanol–water partition coefficient (Wildman–Crippen LogP) is 1.70. The van der Waals surface area contributed by atoms with Crippen LogP contribution in [0.4, 0.5) is 11.9 Å². The highest BCUT2D eigenvalue weighted by atomic mass is 15.3. The van der Waals surface area contributed by atoms with Crippen molar-refractivity contribution in [2.24, 2.45) is 0 Å². The van der Waals surface area contributed by atoms with Crippen LogP contribution in [0, 0.1) is 0 Å². The molecule has 0 fully saturated rings. The summed E-state index contributed by atoms with van der Waals surface area (Å²) < 4.78 is 1.75. The van der Waals surface area contributed by atoms with Gasteiger partial charge in [0, 0.05) is 25.5 Å². The minimum atomic E-state index is 0.364. The molecule has 0 aliphatic heterocycles. The van der Waals surface area contributed by atoms with Crippen molar-refractivity contribution in [2.45, 2.75) is 32.7 Å². The topological polar surface area (TPSA) is 80.5 Å². The average Bonchev–Trinajstić information content (AvgIpc) is 2.98. The van der Waals surface area contributed by atoms with E-state index in [-0.39, 0.29) is 0 Å². The third-order valence-electron chi connectivity index (χ3n) is 2.90. The Labute approximate surface area is 112 Å². The van der Waals surface area contributed by atoms with Gasteiger partial charge in [-0.3, -0.25) is 4.57 Å². The molecule has 2 N–H and O–H groups in total. The Kier molecular flexibility index (Phi) is 4.27. The molecule has 0 aliphatic carbocycles. The summed E-state index contributed by atoms with van der Waals surface area (Å²) in [6, 6.07) is 0.364. The molecular weight excluding hydrogens is 242 g/mol. The molecule has 2 aromatic heterocycles.